The highest BCUT2D eigenvalue weighted by Crippen LogP contribution is 2.51. The third kappa shape index (κ3) is 3.75. The number of benzene rings is 1. The van der Waals surface area contributed by atoms with Gasteiger partial charge in [0.2, 0.25) is 0 Å². The maximum absolute atomic E-state index is 12.2. The molecule has 1 aromatic carbocycles. The summed E-state index contributed by atoms with van der Waals surface area (Å²) in [6.07, 6.45) is 0. The van der Waals surface area contributed by atoms with Crippen LogP contribution in [-0.2, 0) is 13.6 Å². The Morgan fingerprint density at radius 2 is 1.65 bits per heavy atom. The predicted molar refractivity (Wildman–Crippen MR) is 69.3 cm³/mol. The van der Waals surface area contributed by atoms with Crippen LogP contribution in [-0.4, -0.2) is 18.7 Å². The van der Waals surface area contributed by atoms with Gasteiger partial charge in [0, 0.05) is 10.0 Å². The minimum absolute atomic E-state index is 0.166. The number of hydrogen-bond donors (Lipinski definition) is 0. The standard InChI is InChI=1S/C11H14BrO4P/c1-3-15-17(14,16-4-2)11(13)9-5-7-10(12)8-6-9/h5-8H,3-4H2,1-2H3. The van der Waals surface area contributed by atoms with E-state index < -0.39 is 13.1 Å². The Morgan fingerprint density at radius 1 is 1.18 bits per heavy atom. The van der Waals surface area contributed by atoms with E-state index in [0.29, 0.717) is 5.56 Å². The van der Waals surface area contributed by atoms with Crippen molar-refractivity contribution in [1.82, 2.24) is 0 Å². The first-order chi connectivity index (χ1) is 8.03. The van der Waals surface area contributed by atoms with E-state index >= 15 is 0 Å². The highest BCUT2D eigenvalue weighted by molar-refractivity contribution is 9.10. The highest BCUT2D eigenvalue weighted by Gasteiger charge is 2.34. The van der Waals surface area contributed by atoms with Crippen molar-refractivity contribution in [2.24, 2.45) is 0 Å². The number of carbonyl (C=O) groups excluding carboxylic acids is 1. The smallest absolute Gasteiger partial charge is 0.303 e. The number of rotatable bonds is 6. The fourth-order valence-corrected chi connectivity index (χ4v) is 2.96. The highest BCUT2D eigenvalue weighted by atomic mass is 79.9. The van der Waals surface area contributed by atoms with Crippen LogP contribution < -0.4 is 0 Å². The third-order valence-corrected chi connectivity index (χ3v) is 4.42. The lowest BCUT2D eigenvalue weighted by atomic mass is 10.2. The van der Waals surface area contributed by atoms with E-state index in [2.05, 4.69) is 15.9 Å². The molecule has 17 heavy (non-hydrogen) atoms. The first kappa shape index (κ1) is 14.6. The largest absolute Gasteiger partial charge is 0.401 e. The second-order valence-electron chi connectivity index (χ2n) is 3.15. The molecule has 6 heteroatoms. The molecule has 94 valence electrons. The Labute approximate surface area is 109 Å². The van der Waals surface area contributed by atoms with Crippen LogP contribution >= 0.6 is 23.5 Å². The lowest BCUT2D eigenvalue weighted by Crippen LogP contribution is -2.07. The van der Waals surface area contributed by atoms with Gasteiger partial charge in [-0.25, -0.2) is 0 Å². The zero-order valence-corrected chi connectivity index (χ0v) is 12.2. The van der Waals surface area contributed by atoms with Crippen molar-refractivity contribution in [2.45, 2.75) is 13.8 Å². The lowest BCUT2D eigenvalue weighted by molar-refractivity contribution is 0.100. The van der Waals surface area contributed by atoms with Crippen LogP contribution in [0.3, 0.4) is 0 Å². The number of hydrogen-bond acceptors (Lipinski definition) is 4. The third-order valence-electron chi connectivity index (χ3n) is 1.94. The molecule has 0 saturated carbocycles. The summed E-state index contributed by atoms with van der Waals surface area (Å²) in [7, 11) is -3.70. The van der Waals surface area contributed by atoms with Gasteiger partial charge in [0.1, 0.15) is 0 Å². The molecule has 0 N–H and O–H groups in total. The molecular weight excluding hydrogens is 307 g/mol. The topological polar surface area (TPSA) is 52.6 Å². The van der Waals surface area contributed by atoms with Gasteiger partial charge in [-0.15, -0.1) is 0 Å². The lowest BCUT2D eigenvalue weighted by Gasteiger charge is -2.15. The number of carbonyl (C=O) groups is 1. The van der Waals surface area contributed by atoms with Gasteiger partial charge in [-0.1, -0.05) is 15.9 Å². The molecule has 0 unspecified atom stereocenters. The van der Waals surface area contributed by atoms with Gasteiger partial charge < -0.3 is 9.05 Å². The van der Waals surface area contributed by atoms with Gasteiger partial charge in [-0.3, -0.25) is 9.36 Å². The Hall–Kier alpha value is -0.480. The van der Waals surface area contributed by atoms with Crippen LogP contribution in [0.1, 0.15) is 24.2 Å². The second kappa shape index (κ2) is 6.45. The minimum Gasteiger partial charge on any atom is -0.303 e. The first-order valence-corrected chi connectivity index (χ1v) is 7.56. The van der Waals surface area contributed by atoms with E-state index in [4.69, 9.17) is 9.05 Å². The molecule has 0 amide bonds. The Morgan fingerprint density at radius 3 is 2.06 bits per heavy atom. The van der Waals surface area contributed by atoms with E-state index in [-0.39, 0.29) is 13.2 Å². The summed E-state index contributed by atoms with van der Waals surface area (Å²) in [4.78, 5) is 12.0. The summed E-state index contributed by atoms with van der Waals surface area (Å²) in [6.45, 7) is 3.67. The van der Waals surface area contributed by atoms with Crippen molar-refractivity contribution in [3.8, 4) is 0 Å². The second-order valence-corrected chi connectivity index (χ2v) is 5.98. The van der Waals surface area contributed by atoms with Crippen LogP contribution in [0, 0.1) is 0 Å². The van der Waals surface area contributed by atoms with Gasteiger partial charge in [-0.05, 0) is 38.1 Å². The maximum Gasteiger partial charge on any atom is 0.401 e. The van der Waals surface area contributed by atoms with Gasteiger partial charge in [0.25, 0.3) is 5.52 Å². The molecule has 0 heterocycles. The van der Waals surface area contributed by atoms with Crippen molar-refractivity contribution >= 4 is 29.1 Å². The fraction of sp³-hybridized carbons (Fsp3) is 0.364. The van der Waals surface area contributed by atoms with E-state index in [0.717, 1.165) is 4.47 Å². The molecule has 0 aliphatic heterocycles. The van der Waals surface area contributed by atoms with Crippen molar-refractivity contribution in [2.75, 3.05) is 13.2 Å². The summed E-state index contributed by atoms with van der Waals surface area (Å²) >= 11 is 3.26. The molecule has 0 aromatic heterocycles. The molecule has 0 atom stereocenters. The zero-order chi connectivity index (χ0) is 12.9. The molecule has 0 aliphatic rings. The molecule has 4 nitrogen and oxygen atoms in total. The SMILES string of the molecule is CCOP(=O)(OCC)C(=O)c1ccc(Br)cc1. The number of halogens is 1. The van der Waals surface area contributed by atoms with Crippen LogP contribution in [0.5, 0.6) is 0 Å². The minimum atomic E-state index is -3.70. The molecule has 0 spiro atoms. The van der Waals surface area contributed by atoms with Crippen LogP contribution in [0.15, 0.2) is 28.7 Å². The molecule has 0 radical (unpaired) electrons. The van der Waals surface area contributed by atoms with Crippen LogP contribution in [0.25, 0.3) is 0 Å². The average Bonchev–Trinajstić information content (AvgIpc) is 2.30. The Bertz CT molecular complexity index is 420. The van der Waals surface area contributed by atoms with Gasteiger partial charge in [0.05, 0.1) is 13.2 Å². The zero-order valence-electron chi connectivity index (χ0n) is 9.68. The van der Waals surface area contributed by atoms with Gasteiger partial charge in [-0.2, -0.15) is 0 Å². The Balaban J connectivity index is 2.99. The fourth-order valence-electron chi connectivity index (χ4n) is 1.25. The molecule has 1 aromatic rings. The van der Waals surface area contributed by atoms with Crippen molar-refractivity contribution in [3.05, 3.63) is 34.3 Å². The average molecular weight is 321 g/mol. The molecule has 0 bridgehead atoms. The van der Waals surface area contributed by atoms with Gasteiger partial charge in [0.15, 0.2) is 0 Å². The van der Waals surface area contributed by atoms with E-state index in [1.165, 1.54) is 0 Å². The molecule has 0 saturated heterocycles. The summed E-state index contributed by atoms with van der Waals surface area (Å²) in [5.41, 5.74) is -0.285. The first-order valence-electron chi connectivity index (χ1n) is 5.23. The summed E-state index contributed by atoms with van der Waals surface area (Å²) < 4.78 is 23.0. The van der Waals surface area contributed by atoms with E-state index in [1.807, 2.05) is 0 Å². The Kier molecular flexibility index (Phi) is 5.53. The normalized spacial score (nSPS) is 11.5. The van der Waals surface area contributed by atoms with Crippen LogP contribution in [0.2, 0.25) is 0 Å². The summed E-state index contributed by atoms with van der Waals surface area (Å²) in [5, 5.41) is 0. The molecule has 1 rings (SSSR count). The quantitative estimate of drug-likeness (QED) is 0.747. The molecular formula is C11H14BrO4P. The van der Waals surface area contributed by atoms with Gasteiger partial charge >= 0.3 is 7.60 Å². The van der Waals surface area contributed by atoms with E-state index in [9.17, 15) is 9.36 Å². The molecule has 0 aliphatic carbocycles. The molecule has 0 fully saturated rings. The van der Waals surface area contributed by atoms with Crippen molar-refractivity contribution in [3.63, 3.8) is 0 Å². The summed E-state index contributed by atoms with van der Waals surface area (Å²) in [5.74, 6) is 0. The van der Waals surface area contributed by atoms with Crippen LogP contribution in [0.4, 0.5) is 0 Å². The van der Waals surface area contributed by atoms with Crippen molar-refractivity contribution in [1.29, 1.82) is 0 Å². The monoisotopic (exact) mass is 320 g/mol. The van der Waals surface area contributed by atoms with E-state index in [1.54, 1.807) is 38.1 Å². The summed E-state index contributed by atoms with van der Waals surface area (Å²) in [6, 6.07) is 6.57. The van der Waals surface area contributed by atoms with Crippen molar-refractivity contribution < 1.29 is 18.4 Å². The maximum atomic E-state index is 12.2. The predicted octanol–water partition coefficient (Wildman–Crippen LogP) is 3.86.